The summed E-state index contributed by atoms with van der Waals surface area (Å²) in [5, 5.41) is 0. The monoisotopic (exact) mass is 628 g/mol. The second-order valence-corrected chi connectivity index (χ2v) is 21.4. The summed E-state index contributed by atoms with van der Waals surface area (Å²) < 4.78 is 40.1. The smallest absolute Gasteiger partial charge is 0.335 e. The van der Waals surface area contributed by atoms with Gasteiger partial charge in [-0.3, -0.25) is 23.9 Å². The van der Waals surface area contributed by atoms with Crippen molar-refractivity contribution < 1.29 is 36.8 Å². The van der Waals surface area contributed by atoms with E-state index in [0.29, 0.717) is 0 Å². The van der Waals surface area contributed by atoms with Gasteiger partial charge in [-0.15, -0.1) is 0 Å². The van der Waals surface area contributed by atoms with Gasteiger partial charge in [0, 0.05) is 32.0 Å². The average molecular weight is 629 g/mol. The van der Waals surface area contributed by atoms with Crippen LogP contribution in [0.1, 0.15) is 81.9 Å². The standard InChI is InChI=1S/C28H48N2O10Si2/c1-16(2)41(17(3)4)36-15-24-26(39-42(40-41,18(5)6)19(7)8)23(13-22(37-21(10)32)14-35-20(9)31)27(38-24)30-12-11-25(33)29-28(30)34/h11-12,16-19,22-24,26-27H,13-15H2,1-10H3,(H,29,33,34)/t22?,23-,24-,26+,27-/m1/s1. The Morgan fingerprint density at radius 3 is 2.07 bits per heavy atom. The first-order valence-corrected chi connectivity index (χ1v) is 18.8. The number of hydrogen-bond acceptors (Lipinski definition) is 10. The van der Waals surface area contributed by atoms with Gasteiger partial charge in [0.05, 0.1) is 12.7 Å². The Balaban J connectivity index is 2.18. The fraction of sp³-hybridized carbons (Fsp3) is 0.786. The number of esters is 2. The van der Waals surface area contributed by atoms with E-state index in [1.807, 2.05) is 0 Å². The minimum atomic E-state index is -3.06. The van der Waals surface area contributed by atoms with Crippen molar-refractivity contribution in [2.24, 2.45) is 5.92 Å². The second kappa shape index (κ2) is 13.7. The third-order valence-corrected chi connectivity index (χ3v) is 18.5. The summed E-state index contributed by atoms with van der Waals surface area (Å²) in [6.07, 6.45) is -1.36. The van der Waals surface area contributed by atoms with Crippen LogP contribution in [0, 0.1) is 5.92 Å². The van der Waals surface area contributed by atoms with Gasteiger partial charge in [0.2, 0.25) is 0 Å². The Morgan fingerprint density at radius 1 is 0.976 bits per heavy atom. The maximum absolute atomic E-state index is 13.0. The van der Waals surface area contributed by atoms with E-state index in [1.165, 1.54) is 30.7 Å². The van der Waals surface area contributed by atoms with Crippen LogP contribution in [0.5, 0.6) is 0 Å². The van der Waals surface area contributed by atoms with Crippen LogP contribution in [-0.2, 0) is 36.8 Å². The van der Waals surface area contributed by atoms with Crippen LogP contribution in [0.15, 0.2) is 21.9 Å². The van der Waals surface area contributed by atoms with Crippen molar-refractivity contribution in [3.63, 3.8) is 0 Å². The lowest BCUT2D eigenvalue weighted by molar-refractivity contribution is -0.158. The zero-order valence-corrected chi connectivity index (χ0v) is 28.5. The molecule has 0 aromatic carbocycles. The third kappa shape index (κ3) is 7.16. The lowest BCUT2D eigenvalue weighted by atomic mass is 9.93. The summed E-state index contributed by atoms with van der Waals surface area (Å²) in [5.41, 5.74) is -0.816. The van der Waals surface area contributed by atoms with Crippen molar-refractivity contribution >= 4 is 29.1 Å². The Bertz CT molecular complexity index is 1200. The van der Waals surface area contributed by atoms with Crippen LogP contribution in [0.25, 0.3) is 0 Å². The quantitative estimate of drug-likeness (QED) is 0.299. The normalized spacial score (nSPS) is 26.1. The minimum absolute atomic E-state index is 0.0463. The van der Waals surface area contributed by atoms with Crippen molar-refractivity contribution in [3.05, 3.63) is 33.1 Å². The fourth-order valence-corrected chi connectivity index (χ4v) is 17.5. The molecule has 0 amide bonds. The Kier molecular flexibility index (Phi) is 11.2. The van der Waals surface area contributed by atoms with Gasteiger partial charge in [-0.1, -0.05) is 55.4 Å². The summed E-state index contributed by atoms with van der Waals surface area (Å²) in [7, 11) is -5.91. The third-order valence-electron chi connectivity index (χ3n) is 8.27. The summed E-state index contributed by atoms with van der Waals surface area (Å²) >= 11 is 0. The van der Waals surface area contributed by atoms with Gasteiger partial charge >= 0.3 is 34.8 Å². The highest BCUT2D eigenvalue weighted by Crippen LogP contribution is 2.50. The Labute approximate surface area is 249 Å². The number of H-pyrrole nitrogens is 1. The number of aromatic nitrogens is 2. The molecule has 42 heavy (non-hydrogen) atoms. The molecule has 1 aromatic rings. The van der Waals surface area contributed by atoms with E-state index in [0.717, 1.165) is 0 Å². The summed E-state index contributed by atoms with van der Waals surface area (Å²) in [5.74, 6) is -1.61. The number of nitrogens with zero attached hydrogens (tertiary/aromatic N) is 1. The molecule has 12 nitrogen and oxygen atoms in total. The number of ether oxygens (including phenoxy) is 3. The van der Waals surface area contributed by atoms with Gasteiger partial charge in [-0.25, -0.2) is 4.79 Å². The fourth-order valence-electron chi connectivity index (χ4n) is 6.28. The molecule has 0 bridgehead atoms. The molecule has 0 saturated carbocycles. The van der Waals surface area contributed by atoms with Crippen LogP contribution in [0.3, 0.4) is 0 Å². The number of nitrogens with one attached hydrogen (secondary N) is 1. The van der Waals surface area contributed by atoms with Gasteiger partial charge in [-0.05, 0) is 28.6 Å². The Morgan fingerprint density at radius 2 is 1.57 bits per heavy atom. The molecule has 5 atom stereocenters. The molecule has 14 heteroatoms. The molecule has 0 aliphatic carbocycles. The summed E-state index contributed by atoms with van der Waals surface area (Å²) in [4.78, 5) is 50.9. The zero-order chi connectivity index (χ0) is 31.6. The highest BCUT2D eigenvalue weighted by atomic mass is 28.5. The van der Waals surface area contributed by atoms with Crippen LogP contribution >= 0.6 is 0 Å². The largest absolute Gasteiger partial charge is 0.462 e. The second-order valence-electron chi connectivity index (χ2n) is 12.6. The predicted octanol–water partition coefficient (Wildman–Crippen LogP) is 3.89. The highest BCUT2D eigenvalue weighted by Gasteiger charge is 2.62. The molecule has 0 radical (unpaired) electrons. The van der Waals surface area contributed by atoms with E-state index in [9.17, 15) is 19.2 Å². The molecule has 1 unspecified atom stereocenters. The van der Waals surface area contributed by atoms with Gasteiger partial charge in [0.25, 0.3) is 5.56 Å². The summed E-state index contributed by atoms with van der Waals surface area (Å²) in [6, 6.07) is 1.25. The topological polar surface area (TPSA) is 144 Å². The Hall–Kier alpha value is -2.11. The molecule has 2 fully saturated rings. The van der Waals surface area contributed by atoms with Gasteiger partial charge in [-0.2, -0.15) is 0 Å². The van der Waals surface area contributed by atoms with E-state index in [2.05, 4.69) is 60.4 Å². The molecule has 238 valence electrons. The predicted molar refractivity (Wildman–Crippen MR) is 159 cm³/mol. The van der Waals surface area contributed by atoms with Crippen molar-refractivity contribution in [2.45, 2.75) is 122 Å². The van der Waals surface area contributed by atoms with E-state index in [4.69, 9.17) is 27.2 Å². The van der Waals surface area contributed by atoms with Crippen molar-refractivity contribution in [1.29, 1.82) is 0 Å². The van der Waals surface area contributed by atoms with Gasteiger partial charge in [0.15, 0.2) is 0 Å². The SMILES string of the molecule is CC(=O)OCC(C[C@@H]1[C@@H]2O[Si](C(C)C)(C(C)C)O[Si](C(C)C)(C(C)C)OC[C@H]2O[C@H]1n1ccc(=O)[nH]c1=O)OC(C)=O. The first-order chi connectivity index (χ1) is 19.5. The molecule has 1 N–H and O–H groups in total. The first kappa shape index (κ1) is 34.4. The molecule has 3 heterocycles. The van der Waals surface area contributed by atoms with Crippen molar-refractivity contribution in [3.8, 4) is 0 Å². The van der Waals surface area contributed by atoms with Crippen LogP contribution in [0.2, 0.25) is 22.2 Å². The number of aromatic amines is 1. The number of fused-ring (bicyclic) bond motifs is 1. The van der Waals surface area contributed by atoms with E-state index < -0.39 is 70.8 Å². The lowest BCUT2D eigenvalue weighted by Gasteiger charge is -2.51. The molecule has 3 rings (SSSR count). The molecule has 1 aromatic heterocycles. The van der Waals surface area contributed by atoms with Crippen LogP contribution in [0.4, 0.5) is 0 Å². The maximum atomic E-state index is 13.0. The summed E-state index contributed by atoms with van der Waals surface area (Å²) in [6.45, 7) is 19.5. The minimum Gasteiger partial charge on any atom is -0.462 e. The number of hydrogen-bond donors (Lipinski definition) is 1. The van der Waals surface area contributed by atoms with Crippen LogP contribution < -0.4 is 11.2 Å². The van der Waals surface area contributed by atoms with Crippen molar-refractivity contribution in [1.82, 2.24) is 9.55 Å². The molecule has 2 aliphatic heterocycles. The molecule has 2 saturated heterocycles. The van der Waals surface area contributed by atoms with Crippen LogP contribution in [-0.4, -0.2) is 70.1 Å². The van der Waals surface area contributed by atoms with Gasteiger partial charge < -0.3 is 27.2 Å². The van der Waals surface area contributed by atoms with Crippen molar-refractivity contribution in [2.75, 3.05) is 13.2 Å². The molecule has 2 aliphatic rings. The van der Waals surface area contributed by atoms with Gasteiger partial charge in [0.1, 0.15) is 25.0 Å². The zero-order valence-electron chi connectivity index (χ0n) is 26.5. The number of carbonyl (C=O) groups is 2. The number of rotatable bonds is 10. The number of carbonyl (C=O) groups excluding carboxylic acids is 2. The maximum Gasteiger partial charge on any atom is 0.335 e. The average Bonchev–Trinajstić information content (AvgIpc) is 3.17. The highest BCUT2D eigenvalue weighted by molar-refractivity contribution is 6.84. The molecular weight excluding hydrogens is 580 g/mol. The lowest BCUT2D eigenvalue weighted by Crippen LogP contribution is -2.65. The van der Waals surface area contributed by atoms with E-state index >= 15 is 0 Å². The van der Waals surface area contributed by atoms with E-state index in [1.54, 1.807) is 0 Å². The molecule has 0 spiro atoms. The first-order valence-electron chi connectivity index (χ1n) is 14.8. The van der Waals surface area contributed by atoms with E-state index in [-0.39, 0.29) is 41.8 Å². The molecular formula is C28H48N2O10Si2.